The monoisotopic (exact) mass is 245 g/mol. The predicted molar refractivity (Wildman–Crippen MR) is 65.4 cm³/mol. The molecule has 92 valence electrons. The minimum Gasteiger partial charge on any atom is -0.508 e. The molecule has 0 bridgehead atoms. The Morgan fingerprint density at radius 3 is 2.28 bits per heavy atom. The summed E-state index contributed by atoms with van der Waals surface area (Å²) in [5.41, 5.74) is 0.260. The zero-order valence-corrected chi connectivity index (χ0v) is 9.62. The van der Waals surface area contributed by atoms with E-state index in [1.165, 1.54) is 22.8 Å². The molecule has 0 saturated carbocycles. The number of benzene rings is 1. The van der Waals surface area contributed by atoms with Gasteiger partial charge in [0.25, 0.3) is 5.56 Å². The normalized spacial score (nSPS) is 10.3. The minimum atomic E-state index is -1.26. The minimum absolute atomic E-state index is 0.0823. The quantitative estimate of drug-likeness (QED) is 0.841. The lowest BCUT2D eigenvalue weighted by Gasteiger charge is -2.10. The molecule has 18 heavy (non-hydrogen) atoms. The van der Waals surface area contributed by atoms with Gasteiger partial charge in [0.2, 0.25) is 0 Å². The Bertz CT molecular complexity index is 656. The van der Waals surface area contributed by atoms with E-state index in [0.29, 0.717) is 11.4 Å². The average molecular weight is 245 g/mol. The summed E-state index contributed by atoms with van der Waals surface area (Å²) in [5, 5.41) is 18.1. The van der Waals surface area contributed by atoms with Crippen LogP contribution in [0.1, 0.15) is 16.1 Å². The molecule has 5 nitrogen and oxygen atoms in total. The van der Waals surface area contributed by atoms with Crippen LogP contribution >= 0.6 is 0 Å². The van der Waals surface area contributed by atoms with Crippen molar-refractivity contribution in [3.8, 4) is 11.4 Å². The first kappa shape index (κ1) is 11.9. The molecule has 1 heterocycles. The van der Waals surface area contributed by atoms with E-state index in [1.807, 2.05) is 0 Å². The van der Waals surface area contributed by atoms with Gasteiger partial charge < -0.3 is 10.2 Å². The van der Waals surface area contributed by atoms with Gasteiger partial charge in [0, 0.05) is 11.4 Å². The van der Waals surface area contributed by atoms with Crippen molar-refractivity contribution in [1.82, 2.24) is 4.57 Å². The zero-order valence-electron chi connectivity index (χ0n) is 9.62. The van der Waals surface area contributed by atoms with Crippen LogP contribution in [-0.4, -0.2) is 20.7 Å². The number of hydrogen-bond acceptors (Lipinski definition) is 3. The van der Waals surface area contributed by atoms with Gasteiger partial charge in [-0.1, -0.05) is 0 Å². The molecule has 0 spiro atoms. The third kappa shape index (κ3) is 1.98. The number of phenols is 1. The molecular weight excluding hydrogens is 234 g/mol. The van der Waals surface area contributed by atoms with Crippen molar-refractivity contribution in [2.45, 2.75) is 6.92 Å². The molecule has 1 aromatic heterocycles. The second-order valence-electron chi connectivity index (χ2n) is 3.85. The van der Waals surface area contributed by atoms with Crippen molar-refractivity contribution in [3.05, 3.63) is 58.0 Å². The fourth-order valence-electron chi connectivity index (χ4n) is 1.72. The average Bonchev–Trinajstić information content (AvgIpc) is 2.31. The van der Waals surface area contributed by atoms with E-state index in [0.717, 1.165) is 0 Å². The van der Waals surface area contributed by atoms with Crippen LogP contribution in [0.25, 0.3) is 5.69 Å². The van der Waals surface area contributed by atoms with Crippen LogP contribution in [0, 0.1) is 6.92 Å². The topological polar surface area (TPSA) is 79.5 Å². The molecule has 2 aromatic rings. The van der Waals surface area contributed by atoms with E-state index in [1.54, 1.807) is 25.1 Å². The highest BCUT2D eigenvalue weighted by Crippen LogP contribution is 2.14. The summed E-state index contributed by atoms with van der Waals surface area (Å²) >= 11 is 0. The summed E-state index contributed by atoms with van der Waals surface area (Å²) in [5.74, 6) is -1.17. The summed E-state index contributed by atoms with van der Waals surface area (Å²) in [6, 6.07) is 8.84. The highest BCUT2D eigenvalue weighted by molar-refractivity contribution is 5.87. The molecule has 0 unspecified atom stereocenters. The number of aromatic carboxylic acids is 1. The van der Waals surface area contributed by atoms with E-state index in [2.05, 4.69) is 0 Å². The van der Waals surface area contributed by atoms with Crippen molar-refractivity contribution in [3.63, 3.8) is 0 Å². The number of hydrogen-bond donors (Lipinski definition) is 2. The van der Waals surface area contributed by atoms with Gasteiger partial charge in [-0.05, 0) is 43.3 Å². The van der Waals surface area contributed by atoms with E-state index >= 15 is 0 Å². The molecule has 2 rings (SSSR count). The predicted octanol–water partition coefficient (Wildman–Crippen LogP) is 1.55. The zero-order chi connectivity index (χ0) is 13.3. The maximum absolute atomic E-state index is 12.0. The van der Waals surface area contributed by atoms with Crippen LogP contribution < -0.4 is 5.56 Å². The van der Waals surface area contributed by atoms with Crippen molar-refractivity contribution in [1.29, 1.82) is 0 Å². The number of pyridine rings is 1. The summed E-state index contributed by atoms with van der Waals surface area (Å²) < 4.78 is 1.29. The smallest absolute Gasteiger partial charge is 0.341 e. The van der Waals surface area contributed by atoms with Crippen molar-refractivity contribution in [2.24, 2.45) is 0 Å². The second kappa shape index (κ2) is 4.37. The summed E-state index contributed by atoms with van der Waals surface area (Å²) in [6.07, 6.45) is 0. The van der Waals surface area contributed by atoms with Crippen LogP contribution in [0.4, 0.5) is 0 Å². The molecule has 1 aromatic carbocycles. The standard InChI is InChI=1S/C13H11NO4/c1-8-2-7-11(13(17)18)12(16)14(8)9-3-5-10(15)6-4-9/h2-7,15H,1H3,(H,17,18). The first-order chi connectivity index (χ1) is 8.50. The fraction of sp³-hybridized carbons (Fsp3) is 0.0769. The van der Waals surface area contributed by atoms with Crippen LogP contribution in [-0.2, 0) is 0 Å². The molecule has 0 aliphatic rings. The third-order valence-corrected chi connectivity index (χ3v) is 2.62. The molecule has 5 heteroatoms. The maximum atomic E-state index is 12.0. The van der Waals surface area contributed by atoms with E-state index in [-0.39, 0.29) is 11.3 Å². The lowest BCUT2D eigenvalue weighted by atomic mass is 10.2. The molecular formula is C13H11NO4. The lowest BCUT2D eigenvalue weighted by molar-refractivity contribution is 0.0694. The first-order valence-electron chi connectivity index (χ1n) is 5.26. The highest BCUT2D eigenvalue weighted by Gasteiger charge is 2.13. The van der Waals surface area contributed by atoms with Gasteiger partial charge >= 0.3 is 5.97 Å². The van der Waals surface area contributed by atoms with E-state index < -0.39 is 11.5 Å². The van der Waals surface area contributed by atoms with Gasteiger partial charge in [-0.15, -0.1) is 0 Å². The number of aryl methyl sites for hydroxylation is 1. The Hall–Kier alpha value is -2.56. The largest absolute Gasteiger partial charge is 0.508 e. The van der Waals surface area contributed by atoms with Crippen LogP contribution in [0.5, 0.6) is 5.75 Å². The molecule has 0 aliphatic heterocycles. The first-order valence-corrected chi connectivity index (χ1v) is 5.26. The third-order valence-electron chi connectivity index (χ3n) is 2.62. The number of nitrogens with zero attached hydrogens (tertiary/aromatic N) is 1. The van der Waals surface area contributed by atoms with Gasteiger partial charge in [0.1, 0.15) is 11.3 Å². The number of phenolic OH excluding ortho intramolecular Hbond substituents is 1. The van der Waals surface area contributed by atoms with Gasteiger partial charge in [-0.3, -0.25) is 9.36 Å². The number of aromatic hydroxyl groups is 1. The molecule has 2 N–H and O–H groups in total. The van der Waals surface area contributed by atoms with Gasteiger partial charge in [0.15, 0.2) is 0 Å². The molecule has 0 radical (unpaired) electrons. The van der Waals surface area contributed by atoms with Gasteiger partial charge in [-0.2, -0.15) is 0 Å². The van der Waals surface area contributed by atoms with E-state index in [9.17, 15) is 14.7 Å². The molecule has 0 fully saturated rings. The van der Waals surface area contributed by atoms with Gasteiger partial charge in [0.05, 0.1) is 0 Å². The summed E-state index contributed by atoms with van der Waals surface area (Å²) in [6.45, 7) is 1.71. The van der Waals surface area contributed by atoms with Crippen molar-refractivity contribution in [2.75, 3.05) is 0 Å². The van der Waals surface area contributed by atoms with Crippen LogP contribution in [0.15, 0.2) is 41.2 Å². The number of carbonyl (C=O) groups is 1. The Kier molecular flexibility index (Phi) is 2.89. The highest BCUT2D eigenvalue weighted by atomic mass is 16.4. The number of rotatable bonds is 2. The van der Waals surface area contributed by atoms with Crippen molar-refractivity contribution < 1.29 is 15.0 Å². The molecule has 0 amide bonds. The Labute approximate surface area is 103 Å². The maximum Gasteiger partial charge on any atom is 0.341 e. The molecule has 0 aliphatic carbocycles. The summed E-state index contributed by atoms with van der Waals surface area (Å²) in [4.78, 5) is 23.0. The number of aromatic nitrogens is 1. The Morgan fingerprint density at radius 1 is 1.11 bits per heavy atom. The number of carboxylic acids is 1. The van der Waals surface area contributed by atoms with E-state index in [4.69, 9.17) is 5.11 Å². The lowest BCUT2D eigenvalue weighted by Crippen LogP contribution is -2.26. The summed E-state index contributed by atoms with van der Waals surface area (Å²) in [7, 11) is 0. The number of carboxylic acid groups (broad SMARTS) is 1. The SMILES string of the molecule is Cc1ccc(C(=O)O)c(=O)n1-c1ccc(O)cc1. The Morgan fingerprint density at radius 2 is 1.72 bits per heavy atom. The van der Waals surface area contributed by atoms with Crippen molar-refractivity contribution >= 4 is 5.97 Å². The van der Waals surface area contributed by atoms with Crippen LogP contribution in [0.3, 0.4) is 0 Å². The Balaban J connectivity index is 2.71. The van der Waals surface area contributed by atoms with Gasteiger partial charge in [-0.25, -0.2) is 4.79 Å². The second-order valence-corrected chi connectivity index (χ2v) is 3.85. The van der Waals surface area contributed by atoms with Crippen LogP contribution in [0.2, 0.25) is 0 Å². The molecule has 0 atom stereocenters. The fourth-order valence-corrected chi connectivity index (χ4v) is 1.72. The molecule has 0 saturated heterocycles.